The van der Waals surface area contributed by atoms with Crippen molar-refractivity contribution in [2.75, 3.05) is 0 Å². The lowest BCUT2D eigenvalue weighted by Crippen LogP contribution is -2.03. The van der Waals surface area contributed by atoms with E-state index >= 15 is 0 Å². The van der Waals surface area contributed by atoms with Gasteiger partial charge in [0.1, 0.15) is 23.0 Å². The summed E-state index contributed by atoms with van der Waals surface area (Å²) in [5.74, 6) is 3.15. The van der Waals surface area contributed by atoms with Gasteiger partial charge >= 0.3 is 0 Å². The van der Waals surface area contributed by atoms with E-state index in [9.17, 15) is 4.79 Å². The molecule has 0 N–H and O–H groups in total. The molecule has 3 heteroatoms. The van der Waals surface area contributed by atoms with Crippen LogP contribution in [0.15, 0.2) is 66.7 Å². The molecule has 0 atom stereocenters. The highest BCUT2D eigenvalue weighted by Crippen LogP contribution is 2.29. The summed E-state index contributed by atoms with van der Waals surface area (Å²) < 4.78 is 11.7. The number of ketones is 1. The summed E-state index contributed by atoms with van der Waals surface area (Å²) in [5.41, 5.74) is 2.68. The molecule has 0 aliphatic carbocycles. The smallest absolute Gasteiger partial charge is 0.163 e. The van der Waals surface area contributed by atoms with Crippen LogP contribution in [0.5, 0.6) is 23.0 Å². The molecule has 132 valence electrons. The number of carbonyl (C=O) groups is 1. The molecule has 3 rings (SSSR count). The Hall–Kier alpha value is -3.07. The zero-order valence-corrected chi connectivity index (χ0v) is 15.3. The second kappa shape index (κ2) is 7.87. The maximum absolute atomic E-state index is 12.1. The van der Waals surface area contributed by atoms with Crippen LogP contribution in [-0.4, -0.2) is 5.78 Å². The van der Waals surface area contributed by atoms with Gasteiger partial charge < -0.3 is 9.47 Å². The van der Waals surface area contributed by atoms with E-state index in [2.05, 4.69) is 0 Å². The van der Waals surface area contributed by atoms with Gasteiger partial charge in [-0.3, -0.25) is 4.79 Å². The minimum absolute atomic E-state index is 0.161. The number of carbonyl (C=O) groups excluding carboxylic acids is 1. The van der Waals surface area contributed by atoms with Crippen molar-refractivity contribution in [2.45, 2.75) is 27.2 Å². The van der Waals surface area contributed by atoms with Gasteiger partial charge in [0.25, 0.3) is 0 Å². The van der Waals surface area contributed by atoms with Gasteiger partial charge in [0.15, 0.2) is 5.78 Å². The molecule has 0 fully saturated rings. The Morgan fingerprint density at radius 2 is 1.19 bits per heavy atom. The lowest BCUT2D eigenvalue weighted by Gasteiger charge is -2.13. The molecule has 0 unspecified atom stereocenters. The average Bonchev–Trinajstić information content (AvgIpc) is 2.63. The molecule has 0 saturated carbocycles. The van der Waals surface area contributed by atoms with Crippen LogP contribution in [0.4, 0.5) is 0 Å². The van der Waals surface area contributed by atoms with Crippen LogP contribution in [0.25, 0.3) is 0 Å². The highest BCUT2D eigenvalue weighted by Gasteiger charge is 2.12. The van der Waals surface area contributed by atoms with E-state index in [4.69, 9.17) is 9.47 Å². The van der Waals surface area contributed by atoms with Gasteiger partial charge in [-0.1, -0.05) is 25.1 Å². The van der Waals surface area contributed by atoms with Crippen LogP contribution < -0.4 is 9.47 Å². The normalized spacial score (nSPS) is 10.4. The Morgan fingerprint density at radius 3 is 1.69 bits per heavy atom. The lowest BCUT2D eigenvalue weighted by atomic mass is 9.97. The molecule has 0 aliphatic heterocycles. The summed E-state index contributed by atoms with van der Waals surface area (Å²) in [6, 6.07) is 20.9. The van der Waals surface area contributed by atoms with Crippen LogP contribution in [-0.2, 0) is 0 Å². The average molecular weight is 346 g/mol. The van der Waals surface area contributed by atoms with E-state index < -0.39 is 0 Å². The Bertz CT molecular complexity index is 873. The number of aryl methyl sites for hydroxylation is 2. The van der Waals surface area contributed by atoms with E-state index in [1.165, 1.54) is 0 Å². The number of Topliss-reactive ketones (excluding diaryl/α,β-unsaturated/α-hetero) is 1. The van der Waals surface area contributed by atoms with Crippen molar-refractivity contribution in [3.63, 3.8) is 0 Å². The van der Waals surface area contributed by atoms with Gasteiger partial charge in [-0.2, -0.15) is 0 Å². The zero-order valence-electron chi connectivity index (χ0n) is 15.3. The van der Waals surface area contributed by atoms with Gasteiger partial charge in [0, 0.05) is 12.0 Å². The van der Waals surface area contributed by atoms with E-state index in [1.54, 1.807) is 0 Å². The first-order valence-electron chi connectivity index (χ1n) is 8.72. The quantitative estimate of drug-likeness (QED) is 0.479. The first-order chi connectivity index (χ1) is 12.6. The molecule has 0 aliphatic rings. The van der Waals surface area contributed by atoms with Crippen LogP contribution in [0, 0.1) is 13.8 Å². The Balaban J connectivity index is 1.74. The minimum atomic E-state index is 0.161. The molecule has 0 saturated heterocycles. The van der Waals surface area contributed by atoms with Gasteiger partial charge in [-0.05, 0) is 73.5 Å². The van der Waals surface area contributed by atoms with Crippen molar-refractivity contribution in [1.29, 1.82) is 0 Å². The highest BCUT2D eigenvalue weighted by atomic mass is 16.5. The molecule has 0 aromatic heterocycles. The molecule has 0 amide bonds. The predicted octanol–water partition coefficient (Wildman–Crippen LogP) is 6.48. The largest absolute Gasteiger partial charge is 0.457 e. The monoisotopic (exact) mass is 346 g/mol. The van der Waals surface area contributed by atoms with Crippen molar-refractivity contribution in [3.8, 4) is 23.0 Å². The Morgan fingerprint density at radius 1 is 0.731 bits per heavy atom. The first kappa shape index (κ1) is 17.7. The molecule has 0 spiro atoms. The van der Waals surface area contributed by atoms with Gasteiger partial charge in [0.05, 0.1) is 0 Å². The number of rotatable bonds is 6. The second-order valence-corrected chi connectivity index (χ2v) is 6.20. The van der Waals surface area contributed by atoms with Crippen molar-refractivity contribution in [2.24, 2.45) is 0 Å². The SMILES string of the molecule is CCC(=O)c1c(C)cc(Oc2ccc(Oc3ccccc3)cc2)cc1C. The summed E-state index contributed by atoms with van der Waals surface area (Å²) in [7, 11) is 0. The number of para-hydroxylation sites is 1. The molecule has 26 heavy (non-hydrogen) atoms. The lowest BCUT2D eigenvalue weighted by molar-refractivity contribution is 0.0987. The maximum atomic E-state index is 12.1. The fourth-order valence-electron chi connectivity index (χ4n) is 2.94. The molecule has 0 radical (unpaired) electrons. The van der Waals surface area contributed by atoms with Crippen molar-refractivity contribution in [1.82, 2.24) is 0 Å². The number of hydrogen-bond acceptors (Lipinski definition) is 3. The van der Waals surface area contributed by atoms with Gasteiger partial charge in [-0.15, -0.1) is 0 Å². The van der Waals surface area contributed by atoms with Crippen LogP contribution >= 0.6 is 0 Å². The van der Waals surface area contributed by atoms with E-state index in [0.29, 0.717) is 6.42 Å². The van der Waals surface area contributed by atoms with Crippen LogP contribution in [0.2, 0.25) is 0 Å². The van der Waals surface area contributed by atoms with Crippen molar-refractivity contribution < 1.29 is 14.3 Å². The Labute approximate surface area is 154 Å². The zero-order chi connectivity index (χ0) is 18.5. The maximum Gasteiger partial charge on any atom is 0.163 e. The standard InChI is InChI=1S/C23H22O3/c1-4-22(24)23-16(2)14-21(15-17(23)3)26-20-12-10-19(11-13-20)25-18-8-6-5-7-9-18/h5-15H,4H2,1-3H3. The fourth-order valence-corrected chi connectivity index (χ4v) is 2.94. The van der Waals surface area contributed by atoms with Crippen LogP contribution in [0.1, 0.15) is 34.8 Å². The molecule has 0 bridgehead atoms. The topological polar surface area (TPSA) is 35.5 Å². The van der Waals surface area contributed by atoms with Gasteiger partial charge in [0.2, 0.25) is 0 Å². The third-order valence-electron chi connectivity index (χ3n) is 4.14. The molecular weight excluding hydrogens is 324 g/mol. The van der Waals surface area contributed by atoms with Crippen LogP contribution in [0.3, 0.4) is 0 Å². The summed E-state index contributed by atoms with van der Waals surface area (Å²) >= 11 is 0. The summed E-state index contributed by atoms with van der Waals surface area (Å²) in [4.78, 5) is 12.1. The summed E-state index contributed by atoms with van der Waals surface area (Å²) in [6.45, 7) is 5.77. The second-order valence-electron chi connectivity index (χ2n) is 6.20. The van der Waals surface area contributed by atoms with Crippen molar-refractivity contribution in [3.05, 3.63) is 83.4 Å². The summed E-state index contributed by atoms with van der Waals surface area (Å²) in [6.07, 6.45) is 0.505. The number of hydrogen-bond donors (Lipinski definition) is 0. The molecule has 0 heterocycles. The number of benzene rings is 3. The fraction of sp³-hybridized carbons (Fsp3) is 0.174. The first-order valence-corrected chi connectivity index (χ1v) is 8.72. The predicted molar refractivity (Wildman–Crippen MR) is 104 cm³/mol. The molecule has 3 aromatic carbocycles. The third kappa shape index (κ3) is 4.12. The van der Waals surface area contributed by atoms with Crippen molar-refractivity contribution >= 4 is 5.78 Å². The van der Waals surface area contributed by atoms with E-state index in [1.807, 2.05) is 87.5 Å². The molecule has 3 aromatic rings. The van der Waals surface area contributed by atoms with E-state index in [-0.39, 0.29) is 5.78 Å². The van der Waals surface area contributed by atoms with Gasteiger partial charge in [-0.25, -0.2) is 0 Å². The highest BCUT2D eigenvalue weighted by molar-refractivity contribution is 5.98. The minimum Gasteiger partial charge on any atom is -0.457 e. The third-order valence-corrected chi connectivity index (χ3v) is 4.14. The molecule has 3 nitrogen and oxygen atoms in total. The molecular formula is C23H22O3. The summed E-state index contributed by atoms with van der Waals surface area (Å²) in [5, 5.41) is 0. The van der Waals surface area contributed by atoms with E-state index in [0.717, 1.165) is 39.7 Å². The number of ether oxygens (including phenoxy) is 2. The Kier molecular flexibility index (Phi) is 5.37.